The topological polar surface area (TPSA) is 61.4 Å². The lowest BCUT2D eigenvalue weighted by Crippen LogP contribution is -2.47. The maximum Gasteiger partial charge on any atom is 0.315 e. The molecular formula is C19H28FN3O2. The normalized spacial score (nSPS) is 18.8. The van der Waals surface area contributed by atoms with Gasteiger partial charge in [-0.1, -0.05) is 39.8 Å². The average molecular weight is 349 g/mol. The van der Waals surface area contributed by atoms with E-state index in [1.165, 1.54) is 12.1 Å². The van der Waals surface area contributed by atoms with E-state index < -0.39 is 0 Å². The molecule has 2 atom stereocenters. The molecule has 1 aliphatic rings. The van der Waals surface area contributed by atoms with Crippen molar-refractivity contribution in [2.24, 2.45) is 5.41 Å². The van der Waals surface area contributed by atoms with Crippen molar-refractivity contribution in [1.29, 1.82) is 0 Å². The number of urea groups is 1. The van der Waals surface area contributed by atoms with Gasteiger partial charge in [0.25, 0.3) is 0 Å². The fraction of sp³-hybridized carbons (Fsp3) is 0.579. The minimum Gasteiger partial charge on any atom is -0.341 e. The third-order valence-electron chi connectivity index (χ3n) is 4.52. The van der Waals surface area contributed by atoms with Crippen molar-refractivity contribution >= 4 is 11.9 Å². The Morgan fingerprint density at radius 1 is 1.28 bits per heavy atom. The number of nitrogens with zero attached hydrogens (tertiary/aromatic N) is 1. The number of benzene rings is 1. The highest BCUT2D eigenvalue weighted by atomic mass is 19.1. The molecule has 6 heteroatoms. The van der Waals surface area contributed by atoms with Gasteiger partial charge < -0.3 is 15.5 Å². The average Bonchev–Trinajstić information content (AvgIpc) is 3.00. The van der Waals surface area contributed by atoms with Crippen LogP contribution in [0, 0.1) is 11.2 Å². The zero-order valence-electron chi connectivity index (χ0n) is 15.4. The zero-order chi connectivity index (χ0) is 18.6. The Balaban J connectivity index is 1.99. The van der Waals surface area contributed by atoms with Crippen molar-refractivity contribution in [3.8, 4) is 0 Å². The third kappa shape index (κ3) is 5.18. The maximum absolute atomic E-state index is 13.2. The lowest BCUT2D eigenvalue weighted by Gasteiger charge is -2.32. The minimum atomic E-state index is -0.299. The molecule has 0 radical (unpaired) electrons. The van der Waals surface area contributed by atoms with Crippen molar-refractivity contribution < 1.29 is 14.0 Å². The summed E-state index contributed by atoms with van der Waals surface area (Å²) in [5.41, 5.74) is 0.632. The maximum atomic E-state index is 13.2. The predicted octanol–water partition coefficient (Wildman–Crippen LogP) is 3.22. The van der Waals surface area contributed by atoms with Crippen LogP contribution in [0.1, 0.15) is 52.1 Å². The van der Waals surface area contributed by atoms with Crippen LogP contribution >= 0.6 is 0 Å². The van der Waals surface area contributed by atoms with E-state index in [2.05, 4.69) is 10.6 Å². The highest BCUT2D eigenvalue weighted by Gasteiger charge is 2.30. The van der Waals surface area contributed by atoms with Gasteiger partial charge in [-0.05, 0) is 29.5 Å². The molecule has 1 aliphatic heterocycles. The van der Waals surface area contributed by atoms with Crippen molar-refractivity contribution in [2.75, 3.05) is 13.1 Å². The molecule has 1 aromatic rings. The first-order valence-corrected chi connectivity index (χ1v) is 8.81. The fourth-order valence-corrected chi connectivity index (χ4v) is 3.14. The molecule has 1 fully saturated rings. The highest BCUT2D eigenvalue weighted by Crippen LogP contribution is 2.32. The van der Waals surface area contributed by atoms with Crippen LogP contribution in [0.25, 0.3) is 0 Å². The number of likely N-dealkylation sites (tertiary alicyclic amines) is 1. The largest absolute Gasteiger partial charge is 0.341 e. The van der Waals surface area contributed by atoms with Gasteiger partial charge in [0.2, 0.25) is 5.91 Å². The smallest absolute Gasteiger partial charge is 0.315 e. The summed E-state index contributed by atoms with van der Waals surface area (Å²) in [5, 5.41) is 5.96. The van der Waals surface area contributed by atoms with E-state index in [1.807, 2.05) is 27.7 Å². The Hall–Kier alpha value is -2.11. The molecule has 0 aliphatic carbocycles. The summed E-state index contributed by atoms with van der Waals surface area (Å²) in [5.74, 6) is -0.184. The van der Waals surface area contributed by atoms with Crippen LogP contribution in [0.5, 0.6) is 0 Å². The fourth-order valence-electron chi connectivity index (χ4n) is 3.14. The first-order chi connectivity index (χ1) is 11.7. The summed E-state index contributed by atoms with van der Waals surface area (Å²) in [6, 6.07) is 5.65. The molecule has 3 amide bonds. The van der Waals surface area contributed by atoms with E-state index in [0.717, 1.165) is 12.0 Å². The summed E-state index contributed by atoms with van der Waals surface area (Å²) in [4.78, 5) is 26.0. The number of hydrogen-bond donors (Lipinski definition) is 2. The quantitative estimate of drug-likeness (QED) is 0.877. The molecule has 2 rings (SSSR count). The molecule has 5 nitrogen and oxygen atoms in total. The molecule has 1 heterocycles. The van der Waals surface area contributed by atoms with Crippen molar-refractivity contribution in [2.45, 2.75) is 52.6 Å². The summed E-state index contributed by atoms with van der Waals surface area (Å²) in [6.07, 6.45) is 1.24. The van der Waals surface area contributed by atoms with Gasteiger partial charge in [-0.3, -0.25) is 4.79 Å². The van der Waals surface area contributed by atoms with Gasteiger partial charge in [-0.25, -0.2) is 9.18 Å². The van der Waals surface area contributed by atoms with Crippen LogP contribution in [0.4, 0.5) is 9.18 Å². The van der Waals surface area contributed by atoms with E-state index >= 15 is 0 Å². The molecular weight excluding hydrogens is 321 g/mol. The molecule has 2 N–H and O–H groups in total. The van der Waals surface area contributed by atoms with E-state index in [1.54, 1.807) is 17.0 Å². The lowest BCUT2D eigenvalue weighted by molar-refractivity contribution is -0.129. The van der Waals surface area contributed by atoms with E-state index in [0.29, 0.717) is 19.5 Å². The summed E-state index contributed by atoms with van der Waals surface area (Å²) < 4.78 is 13.2. The number of nitrogens with one attached hydrogen (secondary N) is 2. The summed E-state index contributed by atoms with van der Waals surface area (Å²) in [6.45, 7) is 9.15. The Morgan fingerprint density at radius 2 is 1.92 bits per heavy atom. The van der Waals surface area contributed by atoms with Crippen LogP contribution in [0.3, 0.4) is 0 Å². The monoisotopic (exact) mass is 349 g/mol. The van der Waals surface area contributed by atoms with E-state index in [-0.39, 0.29) is 35.3 Å². The summed E-state index contributed by atoms with van der Waals surface area (Å²) >= 11 is 0. The summed E-state index contributed by atoms with van der Waals surface area (Å²) in [7, 11) is 0. The molecule has 25 heavy (non-hydrogen) atoms. The van der Waals surface area contributed by atoms with Gasteiger partial charge in [0.1, 0.15) is 5.82 Å². The third-order valence-corrected chi connectivity index (χ3v) is 4.52. The Morgan fingerprint density at radius 3 is 2.48 bits per heavy atom. The number of rotatable bonds is 4. The molecule has 1 saturated heterocycles. The van der Waals surface area contributed by atoms with Gasteiger partial charge in [0, 0.05) is 25.6 Å². The van der Waals surface area contributed by atoms with Gasteiger partial charge in [-0.15, -0.1) is 0 Å². The molecule has 138 valence electrons. The van der Waals surface area contributed by atoms with Gasteiger partial charge >= 0.3 is 6.03 Å². The van der Waals surface area contributed by atoms with Crippen LogP contribution in [-0.4, -0.2) is 36.0 Å². The SMILES string of the molecule is CCC(=O)N1CC[C@@H](NC(=O)N[C@@H](c2ccc(F)cc2)C(C)(C)C)C1. The second kappa shape index (κ2) is 7.85. The van der Waals surface area contributed by atoms with Crippen LogP contribution < -0.4 is 10.6 Å². The molecule has 1 aromatic carbocycles. The second-order valence-electron chi connectivity index (χ2n) is 7.65. The molecule has 0 saturated carbocycles. The van der Waals surface area contributed by atoms with E-state index in [4.69, 9.17) is 0 Å². The Bertz CT molecular complexity index is 610. The van der Waals surface area contributed by atoms with E-state index in [9.17, 15) is 14.0 Å². The lowest BCUT2D eigenvalue weighted by atomic mass is 9.82. The van der Waals surface area contributed by atoms with Crippen molar-refractivity contribution in [3.05, 3.63) is 35.6 Å². The first kappa shape index (κ1) is 19.2. The number of carbonyl (C=O) groups is 2. The molecule has 0 bridgehead atoms. The number of amides is 3. The van der Waals surface area contributed by atoms with Gasteiger partial charge in [-0.2, -0.15) is 0 Å². The van der Waals surface area contributed by atoms with Gasteiger partial charge in [0.05, 0.1) is 6.04 Å². The van der Waals surface area contributed by atoms with Crippen LogP contribution in [0.2, 0.25) is 0 Å². The molecule has 0 unspecified atom stereocenters. The zero-order valence-corrected chi connectivity index (χ0v) is 15.4. The molecule has 0 spiro atoms. The number of hydrogen-bond acceptors (Lipinski definition) is 2. The van der Waals surface area contributed by atoms with Crippen LogP contribution in [-0.2, 0) is 4.79 Å². The Labute approximate surface area is 149 Å². The number of carbonyl (C=O) groups excluding carboxylic acids is 2. The highest BCUT2D eigenvalue weighted by molar-refractivity contribution is 5.77. The standard InChI is InChI=1S/C19H28FN3O2/c1-5-16(24)23-11-10-15(12-23)21-18(25)22-17(19(2,3)4)13-6-8-14(20)9-7-13/h6-9,15,17H,5,10-12H2,1-4H3,(H2,21,22,25)/t15-,17+/m1/s1. The van der Waals surface area contributed by atoms with Crippen molar-refractivity contribution in [3.63, 3.8) is 0 Å². The Kier molecular flexibility index (Phi) is 6.03. The second-order valence-corrected chi connectivity index (χ2v) is 7.65. The predicted molar refractivity (Wildman–Crippen MR) is 95.5 cm³/mol. The van der Waals surface area contributed by atoms with Gasteiger partial charge in [0.15, 0.2) is 0 Å². The minimum absolute atomic E-state index is 0.0377. The number of halogens is 1. The van der Waals surface area contributed by atoms with Crippen molar-refractivity contribution in [1.82, 2.24) is 15.5 Å². The van der Waals surface area contributed by atoms with Crippen LogP contribution in [0.15, 0.2) is 24.3 Å². The first-order valence-electron chi connectivity index (χ1n) is 8.81. The molecule has 0 aromatic heterocycles.